The van der Waals surface area contributed by atoms with E-state index in [1.807, 2.05) is 25.1 Å². The van der Waals surface area contributed by atoms with Gasteiger partial charge in [-0.25, -0.2) is 0 Å². The smallest absolute Gasteiger partial charge is 0.287 e. The van der Waals surface area contributed by atoms with Crippen molar-refractivity contribution in [3.63, 3.8) is 0 Å². The number of hydrogen-bond acceptors (Lipinski definition) is 5. The standard InChI is InChI=1S/C22H30N2O4/c1-14-17-13-16(27-2)7-8-20(17)28-21(14)22(26)23-15-9-11-24(12-10-15)18-5-3-4-6-19(18)25/h7-8,13,15,18-19,25H,3-6,9-12H2,1-2H3,(H,23,26)/t18-,19+/m0/s1. The van der Waals surface area contributed by atoms with Crippen molar-refractivity contribution < 1.29 is 19.1 Å². The van der Waals surface area contributed by atoms with Gasteiger partial charge in [-0.05, 0) is 50.8 Å². The Morgan fingerprint density at radius 3 is 2.68 bits per heavy atom. The second-order valence-electron chi connectivity index (χ2n) is 8.12. The molecule has 6 nitrogen and oxygen atoms in total. The van der Waals surface area contributed by atoms with Crippen LogP contribution in [-0.2, 0) is 0 Å². The highest BCUT2D eigenvalue weighted by atomic mass is 16.5. The molecule has 2 N–H and O–H groups in total. The highest BCUT2D eigenvalue weighted by Crippen LogP contribution is 2.29. The fourth-order valence-electron chi connectivity index (χ4n) is 4.69. The lowest BCUT2D eigenvalue weighted by Gasteiger charge is -2.41. The summed E-state index contributed by atoms with van der Waals surface area (Å²) in [6.45, 7) is 3.75. The van der Waals surface area contributed by atoms with Gasteiger partial charge in [-0.2, -0.15) is 0 Å². The van der Waals surface area contributed by atoms with Gasteiger partial charge in [-0.15, -0.1) is 0 Å². The number of benzene rings is 1. The molecule has 28 heavy (non-hydrogen) atoms. The number of nitrogens with one attached hydrogen (secondary N) is 1. The third kappa shape index (κ3) is 3.76. The van der Waals surface area contributed by atoms with E-state index < -0.39 is 0 Å². The molecule has 1 aliphatic heterocycles. The third-order valence-corrected chi connectivity index (χ3v) is 6.38. The average molecular weight is 386 g/mol. The molecule has 1 amide bonds. The number of carbonyl (C=O) groups excluding carboxylic acids is 1. The van der Waals surface area contributed by atoms with Gasteiger partial charge in [0.2, 0.25) is 0 Å². The SMILES string of the molecule is COc1ccc2oc(C(=O)NC3CCN([C@H]4CCCC[C@H]4O)CC3)c(C)c2c1. The number of nitrogens with zero attached hydrogens (tertiary/aromatic N) is 1. The molecule has 152 valence electrons. The van der Waals surface area contributed by atoms with Crippen molar-refractivity contribution in [1.29, 1.82) is 0 Å². The van der Waals surface area contributed by atoms with Gasteiger partial charge in [-0.1, -0.05) is 12.8 Å². The van der Waals surface area contributed by atoms with E-state index in [4.69, 9.17) is 9.15 Å². The zero-order valence-corrected chi connectivity index (χ0v) is 16.7. The van der Waals surface area contributed by atoms with Crippen LogP contribution >= 0.6 is 0 Å². The van der Waals surface area contributed by atoms with E-state index in [2.05, 4.69) is 10.2 Å². The van der Waals surface area contributed by atoms with Crippen LogP contribution in [0.4, 0.5) is 0 Å². The lowest BCUT2D eigenvalue weighted by Crippen LogP contribution is -2.52. The van der Waals surface area contributed by atoms with Gasteiger partial charge in [0.05, 0.1) is 13.2 Å². The molecule has 1 aromatic heterocycles. The molecule has 1 aliphatic carbocycles. The van der Waals surface area contributed by atoms with Gasteiger partial charge in [-0.3, -0.25) is 9.69 Å². The van der Waals surface area contributed by atoms with Gasteiger partial charge in [0.1, 0.15) is 11.3 Å². The molecule has 0 unspecified atom stereocenters. The summed E-state index contributed by atoms with van der Waals surface area (Å²) < 4.78 is 11.1. The fourth-order valence-corrected chi connectivity index (χ4v) is 4.69. The number of fused-ring (bicyclic) bond motifs is 1. The zero-order chi connectivity index (χ0) is 19.7. The maximum Gasteiger partial charge on any atom is 0.287 e. The number of aliphatic hydroxyl groups excluding tert-OH is 1. The maximum atomic E-state index is 12.8. The first kappa shape index (κ1) is 19.3. The van der Waals surface area contributed by atoms with Crippen molar-refractivity contribution in [2.75, 3.05) is 20.2 Å². The van der Waals surface area contributed by atoms with Gasteiger partial charge >= 0.3 is 0 Å². The highest BCUT2D eigenvalue weighted by Gasteiger charge is 2.32. The summed E-state index contributed by atoms with van der Waals surface area (Å²) in [5, 5.41) is 14.3. The molecule has 2 aromatic rings. The van der Waals surface area contributed by atoms with E-state index >= 15 is 0 Å². The molecule has 4 rings (SSSR count). The fraction of sp³-hybridized carbons (Fsp3) is 0.591. The summed E-state index contributed by atoms with van der Waals surface area (Å²) in [6.07, 6.45) is 5.94. The number of furan rings is 1. The summed E-state index contributed by atoms with van der Waals surface area (Å²) in [5.41, 5.74) is 1.54. The lowest BCUT2D eigenvalue weighted by molar-refractivity contribution is 0.00721. The molecule has 2 aliphatic rings. The molecule has 1 saturated heterocycles. The number of piperidine rings is 1. The van der Waals surface area contributed by atoms with Crippen molar-refractivity contribution in [2.45, 2.75) is 63.6 Å². The molecule has 0 bridgehead atoms. The molecule has 0 spiro atoms. The van der Waals surface area contributed by atoms with Crippen molar-refractivity contribution in [3.05, 3.63) is 29.5 Å². The Morgan fingerprint density at radius 2 is 1.96 bits per heavy atom. The van der Waals surface area contributed by atoms with E-state index in [9.17, 15) is 9.90 Å². The topological polar surface area (TPSA) is 74.9 Å². The van der Waals surface area contributed by atoms with E-state index in [1.165, 1.54) is 6.42 Å². The van der Waals surface area contributed by atoms with E-state index in [0.29, 0.717) is 11.3 Å². The van der Waals surface area contributed by atoms with Crippen molar-refractivity contribution >= 4 is 16.9 Å². The van der Waals surface area contributed by atoms with Gasteiger partial charge in [0.15, 0.2) is 5.76 Å². The molecule has 0 radical (unpaired) electrons. The number of rotatable bonds is 4. The number of hydrogen-bond donors (Lipinski definition) is 2. The predicted molar refractivity (Wildman–Crippen MR) is 108 cm³/mol. The van der Waals surface area contributed by atoms with Crippen LogP contribution in [0.2, 0.25) is 0 Å². The van der Waals surface area contributed by atoms with Crippen molar-refractivity contribution in [1.82, 2.24) is 10.2 Å². The summed E-state index contributed by atoms with van der Waals surface area (Å²) in [6, 6.07) is 6.01. The third-order valence-electron chi connectivity index (χ3n) is 6.38. The Kier molecular flexibility index (Phi) is 5.60. The van der Waals surface area contributed by atoms with E-state index in [-0.39, 0.29) is 24.1 Å². The van der Waals surface area contributed by atoms with Crippen LogP contribution < -0.4 is 10.1 Å². The van der Waals surface area contributed by atoms with Crippen LogP contribution in [0.15, 0.2) is 22.6 Å². The summed E-state index contributed by atoms with van der Waals surface area (Å²) >= 11 is 0. The number of methoxy groups -OCH3 is 1. The monoisotopic (exact) mass is 386 g/mol. The number of amides is 1. The van der Waals surface area contributed by atoms with Gasteiger partial charge in [0, 0.05) is 36.1 Å². The second kappa shape index (κ2) is 8.13. The maximum absolute atomic E-state index is 12.8. The number of aryl methyl sites for hydroxylation is 1. The Morgan fingerprint density at radius 1 is 1.21 bits per heavy atom. The molecule has 2 atom stereocenters. The number of likely N-dealkylation sites (tertiary alicyclic amines) is 1. The van der Waals surface area contributed by atoms with Crippen LogP contribution in [-0.4, -0.2) is 54.3 Å². The second-order valence-corrected chi connectivity index (χ2v) is 8.12. The molecule has 2 fully saturated rings. The zero-order valence-electron chi connectivity index (χ0n) is 16.7. The Labute approximate surface area is 165 Å². The van der Waals surface area contributed by atoms with Crippen LogP contribution in [0.25, 0.3) is 11.0 Å². The minimum atomic E-state index is -0.199. The normalized spacial score (nSPS) is 24.4. The average Bonchev–Trinajstić information content (AvgIpc) is 3.05. The molecular formula is C22H30N2O4. The van der Waals surface area contributed by atoms with E-state index in [0.717, 1.165) is 61.9 Å². The summed E-state index contributed by atoms with van der Waals surface area (Å²) in [4.78, 5) is 15.2. The van der Waals surface area contributed by atoms with E-state index in [1.54, 1.807) is 7.11 Å². The largest absolute Gasteiger partial charge is 0.497 e. The Bertz CT molecular complexity index is 838. The van der Waals surface area contributed by atoms with Crippen LogP contribution in [0.3, 0.4) is 0 Å². The molecule has 2 heterocycles. The Hall–Kier alpha value is -2.05. The quantitative estimate of drug-likeness (QED) is 0.844. The van der Waals surface area contributed by atoms with Gasteiger partial charge in [0.25, 0.3) is 5.91 Å². The first-order chi connectivity index (χ1) is 13.6. The van der Waals surface area contributed by atoms with Crippen LogP contribution in [0.1, 0.15) is 54.6 Å². The van der Waals surface area contributed by atoms with Crippen molar-refractivity contribution in [3.8, 4) is 5.75 Å². The van der Waals surface area contributed by atoms with Crippen molar-refractivity contribution in [2.24, 2.45) is 0 Å². The van der Waals surface area contributed by atoms with Crippen LogP contribution in [0.5, 0.6) is 5.75 Å². The summed E-state index contributed by atoms with van der Waals surface area (Å²) in [5.74, 6) is 0.984. The number of aliphatic hydroxyl groups is 1. The lowest BCUT2D eigenvalue weighted by atomic mass is 9.89. The molecule has 6 heteroatoms. The number of carbonyl (C=O) groups is 1. The molecule has 1 aromatic carbocycles. The van der Waals surface area contributed by atoms with Gasteiger partial charge < -0.3 is 19.6 Å². The minimum absolute atomic E-state index is 0.145. The summed E-state index contributed by atoms with van der Waals surface area (Å²) in [7, 11) is 1.63. The number of ether oxygens (including phenoxy) is 1. The van der Waals surface area contributed by atoms with Crippen LogP contribution in [0, 0.1) is 6.92 Å². The minimum Gasteiger partial charge on any atom is -0.497 e. The predicted octanol–water partition coefficient (Wildman–Crippen LogP) is 3.25. The molecular weight excluding hydrogens is 356 g/mol. The first-order valence-electron chi connectivity index (χ1n) is 10.4. The molecule has 1 saturated carbocycles. The Balaban J connectivity index is 1.38. The highest BCUT2D eigenvalue weighted by molar-refractivity contribution is 5.99. The first-order valence-corrected chi connectivity index (χ1v) is 10.4.